The predicted molar refractivity (Wildman–Crippen MR) is 24.8 cm³/mol. The van der Waals surface area contributed by atoms with Gasteiger partial charge in [-0.25, -0.2) is 0 Å². The molecule has 1 radical (unpaired) electrons. The first-order valence-electron chi connectivity index (χ1n) is 1.51. The molecule has 0 aromatic carbocycles. The third-order valence-corrected chi connectivity index (χ3v) is 0.440. The third-order valence-electron chi connectivity index (χ3n) is 0.440. The molecule has 0 aromatic heterocycles. The van der Waals surface area contributed by atoms with Crippen LogP contribution in [-0.4, -0.2) is 24.8 Å². The van der Waals surface area contributed by atoms with E-state index in [9.17, 15) is 4.79 Å². The summed E-state index contributed by atoms with van der Waals surface area (Å²) in [5.74, 6) is -0.269. The number of carbonyl (C=O) groups excluding carboxylic acids is 1. The average Bonchev–Trinajstić information content (AvgIpc) is 1.86. The molecule has 0 fully saturated rings. The molecular weight excluding hydrogens is 87.0 g/mol. The van der Waals surface area contributed by atoms with Crippen LogP contribution in [0.25, 0.3) is 0 Å². The van der Waals surface area contributed by atoms with Crippen LogP contribution in [0.5, 0.6) is 0 Å². The largest absolute Gasteiger partial charge is 0.289 e. The number of rotatable bonds is 0. The van der Waals surface area contributed by atoms with E-state index in [-0.39, 0.29) is 24.8 Å². The van der Waals surface area contributed by atoms with E-state index < -0.39 is 0 Å². The van der Waals surface area contributed by atoms with E-state index in [0.717, 1.165) is 0 Å². The molecule has 0 unspecified atom stereocenters. The van der Waals surface area contributed by atoms with Gasteiger partial charge in [0.05, 0.1) is 6.20 Å². The van der Waals surface area contributed by atoms with Crippen molar-refractivity contribution in [3.63, 3.8) is 0 Å². The summed E-state index contributed by atoms with van der Waals surface area (Å²) in [7, 11) is 0. The van der Waals surface area contributed by atoms with Gasteiger partial charge in [-0.3, -0.25) is 4.79 Å². The Hall–Kier alpha value is -0.393. The summed E-state index contributed by atoms with van der Waals surface area (Å²) in [6.45, 7) is 0. The molecule has 1 rings (SSSR count). The van der Waals surface area contributed by atoms with Gasteiger partial charge in [-0.2, -0.15) is 5.11 Å². The van der Waals surface area contributed by atoms with Gasteiger partial charge in [0.2, 0.25) is 0 Å². The first-order chi connectivity index (χ1) is 2.89. The molecule has 0 bridgehead atoms. The average molecular weight is 89.0 g/mol. The molecule has 4 heteroatoms. The smallest absolute Gasteiger partial charge is 0.266 e. The number of hydrogen-bond acceptors (Lipinski definition) is 2. The molecule has 0 N–H and O–H groups in total. The SMILES string of the molecule is O=C1C=CN=N1.[Li]. The van der Waals surface area contributed by atoms with Gasteiger partial charge in [0.1, 0.15) is 0 Å². The van der Waals surface area contributed by atoms with Crippen molar-refractivity contribution in [2.75, 3.05) is 0 Å². The van der Waals surface area contributed by atoms with Crippen LogP contribution < -0.4 is 0 Å². The van der Waals surface area contributed by atoms with Gasteiger partial charge in [-0.1, -0.05) is 0 Å². The van der Waals surface area contributed by atoms with Crippen LogP contribution in [0.1, 0.15) is 0 Å². The molecule has 1 amide bonds. The van der Waals surface area contributed by atoms with E-state index in [1.54, 1.807) is 0 Å². The van der Waals surface area contributed by atoms with Crippen molar-refractivity contribution in [2.24, 2.45) is 10.2 Å². The minimum absolute atomic E-state index is 0. The Bertz CT molecular complexity index is 115. The van der Waals surface area contributed by atoms with E-state index in [2.05, 4.69) is 10.2 Å². The second kappa shape index (κ2) is 2.73. The summed E-state index contributed by atoms with van der Waals surface area (Å²) in [4.78, 5) is 9.90. The Morgan fingerprint density at radius 3 is 2.43 bits per heavy atom. The molecule has 3 nitrogen and oxygen atoms in total. The van der Waals surface area contributed by atoms with E-state index in [4.69, 9.17) is 0 Å². The predicted octanol–water partition coefficient (Wildman–Crippen LogP) is 0.112. The van der Waals surface area contributed by atoms with Crippen LogP contribution in [0, 0.1) is 0 Å². The molecule has 0 aliphatic carbocycles. The second-order valence-corrected chi connectivity index (χ2v) is 0.869. The van der Waals surface area contributed by atoms with Crippen LogP contribution in [0.4, 0.5) is 0 Å². The maximum atomic E-state index is 9.90. The number of azo groups is 1. The van der Waals surface area contributed by atoms with E-state index in [1.165, 1.54) is 12.3 Å². The molecular formula is C3H2LiN2O. The maximum absolute atomic E-state index is 9.90. The van der Waals surface area contributed by atoms with Gasteiger partial charge in [-0.05, 0) is 0 Å². The first kappa shape index (κ1) is 6.61. The van der Waals surface area contributed by atoms with Crippen LogP contribution >= 0.6 is 0 Å². The summed E-state index contributed by atoms with van der Waals surface area (Å²) in [5.41, 5.74) is 0. The van der Waals surface area contributed by atoms with Crippen LogP contribution in [-0.2, 0) is 4.79 Å². The number of hydrogen-bond donors (Lipinski definition) is 0. The number of nitrogens with zero attached hydrogens (tertiary/aromatic N) is 2. The van der Waals surface area contributed by atoms with Crippen molar-refractivity contribution >= 4 is 24.8 Å². The molecule has 31 valence electrons. The van der Waals surface area contributed by atoms with Gasteiger partial charge in [0.25, 0.3) is 5.91 Å². The Morgan fingerprint density at radius 1 is 1.57 bits per heavy atom. The van der Waals surface area contributed by atoms with Gasteiger partial charge >= 0.3 is 0 Å². The van der Waals surface area contributed by atoms with Crippen LogP contribution in [0.3, 0.4) is 0 Å². The Balaban J connectivity index is 0.000000360. The molecule has 0 atom stereocenters. The number of carbonyl (C=O) groups is 1. The molecule has 1 aliphatic heterocycles. The van der Waals surface area contributed by atoms with Crippen molar-refractivity contribution < 1.29 is 4.79 Å². The fourth-order valence-electron chi connectivity index (χ4n) is 0.221. The Labute approximate surface area is 52.7 Å². The normalized spacial score (nSPS) is 14.6. The van der Waals surface area contributed by atoms with E-state index in [0.29, 0.717) is 0 Å². The minimum atomic E-state index is -0.269. The molecule has 0 aromatic rings. The topological polar surface area (TPSA) is 41.8 Å². The molecule has 1 heterocycles. The standard InChI is InChI=1S/C3H2N2O.Li/c6-3-1-2-4-5-3;/h1-2H;. The van der Waals surface area contributed by atoms with Crippen molar-refractivity contribution in [3.8, 4) is 0 Å². The van der Waals surface area contributed by atoms with Crippen LogP contribution in [0.2, 0.25) is 0 Å². The third kappa shape index (κ3) is 1.67. The summed E-state index contributed by atoms with van der Waals surface area (Å²) >= 11 is 0. The molecule has 0 spiro atoms. The van der Waals surface area contributed by atoms with Crippen LogP contribution in [0.15, 0.2) is 22.5 Å². The van der Waals surface area contributed by atoms with Gasteiger partial charge in [0, 0.05) is 24.9 Å². The summed E-state index contributed by atoms with van der Waals surface area (Å²) in [6, 6.07) is 0. The monoisotopic (exact) mass is 89.0 g/mol. The fourth-order valence-corrected chi connectivity index (χ4v) is 0.221. The van der Waals surface area contributed by atoms with Crippen molar-refractivity contribution in [1.82, 2.24) is 0 Å². The summed E-state index contributed by atoms with van der Waals surface area (Å²) < 4.78 is 0. The van der Waals surface area contributed by atoms with Gasteiger partial charge in [0.15, 0.2) is 0 Å². The van der Waals surface area contributed by atoms with Crippen molar-refractivity contribution in [2.45, 2.75) is 0 Å². The van der Waals surface area contributed by atoms with E-state index >= 15 is 0 Å². The zero-order valence-electron chi connectivity index (χ0n) is 3.96. The molecule has 0 saturated carbocycles. The zero-order chi connectivity index (χ0) is 4.41. The molecule has 7 heavy (non-hydrogen) atoms. The zero-order valence-corrected chi connectivity index (χ0v) is 3.96. The molecule has 1 aliphatic rings. The van der Waals surface area contributed by atoms with E-state index in [1.807, 2.05) is 0 Å². The summed E-state index contributed by atoms with van der Waals surface area (Å²) in [6.07, 6.45) is 2.67. The summed E-state index contributed by atoms with van der Waals surface area (Å²) in [5, 5.41) is 6.37. The first-order valence-corrected chi connectivity index (χ1v) is 1.51. The maximum Gasteiger partial charge on any atom is 0.289 e. The fraction of sp³-hybridized carbons (Fsp3) is 0. The van der Waals surface area contributed by atoms with Crippen molar-refractivity contribution in [3.05, 3.63) is 12.3 Å². The van der Waals surface area contributed by atoms with Crippen molar-refractivity contribution in [1.29, 1.82) is 0 Å². The minimum Gasteiger partial charge on any atom is -0.266 e. The van der Waals surface area contributed by atoms with Gasteiger partial charge < -0.3 is 0 Å². The Kier molecular flexibility index (Phi) is 2.57. The van der Waals surface area contributed by atoms with Gasteiger partial charge in [-0.15, -0.1) is 5.11 Å². The number of amides is 1. The Morgan fingerprint density at radius 2 is 2.29 bits per heavy atom. The second-order valence-electron chi connectivity index (χ2n) is 0.869. The molecule has 0 saturated heterocycles. The quantitative estimate of drug-likeness (QED) is 0.388.